The number of rotatable bonds is 4. The number of nitro groups is 1. The average molecular weight is 293 g/mol. The summed E-state index contributed by atoms with van der Waals surface area (Å²) in [7, 11) is 1.40. The van der Waals surface area contributed by atoms with Crippen LogP contribution in [0.15, 0.2) is 12.3 Å². The summed E-state index contributed by atoms with van der Waals surface area (Å²) in [5.41, 5.74) is 0.812. The van der Waals surface area contributed by atoms with Crippen LogP contribution in [0.5, 0.6) is 0 Å². The zero-order valence-electron chi connectivity index (χ0n) is 12.2. The lowest BCUT2D eigenvalue weighted by Gasteiger charge is -2.33. The number of hydrogen-bond acceptors (Lipinski definition) is 6. The highest BCUT2D eigenvalue weighted by atomic mass is 16.6. The van der Waals surface area contributed by atoms with E-state index in [1.165, 1.54) is 13.3 Å². The monoisotopic (exact) mass is 293 g/mol. The summed E-state index contributed by atoms with van der Waals surface area (Å²) in [6.45, 7) is 3.43. The Kier molecular flexibility index (Phi) is 4.72. The molecule has 7 heteroatoms. The quantitative estimate of drug-likeness (QED) is 0.480. The summed E-state index contributed by atoms with van der Waals surface area (Å²) < 4.78 is 4.69. The molecule has 0 amide bonds. The molecule has 0 saturated carbocycles. The van der Waals surface area contributed by atoms with Crippen LogP contribution in [0.4, 0.5) is 11.5 Å². The zero-order chi connectivity index (χ0) is 15.4. The molecule has 1 saturated heterocycles. The van der Waals surface area contributed by atoms with Crippen LogP contribution in [0.3, 0.4) is 0 Å². The molecule has 1 fully saturated rings. The van der Waals surface area contributed by atoms with Gasteiger partial charge in [0, 0.05) is 25.6 Å². The average Bonchev–Trinajstić information content (AvgIpc) is 2.48. The van der Waals surface area contributed by atoms with Crippen molar-refractivity contribution in [2.75, 3.05) is 25.1 Å². The predicted molar refractivity (Wildman–Crippen MR) is 77.2 cm³/mol. The summed E-state index contributed by atoms with van der Waals surface area (Å²) >= 11 is 0. The standard InChI is InChI=1S/C14H19N3O4/c1-10-7-12(17(19)20)9-15-14(10)16-5-3-11(4-6-16)8-13(18)21-2/h7,9,11H,3-6,8H2,1-2H3. The second kappa shape index (κ2) is 6.51. The number of carbonyl (C=O) groups excluding carboxylic acids is 1. The van der Waals surface area contributed by atoms with Gasteiger partial charge in [-0.25, -0.2) is 4.98 Å². The van der Waals surface area contributed by atoms with Crippen LogP contribution in [0, 0.1) is 23.0 Å². The van der Waals surface area contributed by atoms with Crippen molar-refractivity contribution in [3.05, 3.63) is 27.9 Å². The number of anilines is 1. The molecule has 0 bridgehead atoms. The molecule has 0 atom stereocenters. The molecular weight excluding hydrogens is 274 g/mol. The van der Waals surface area contributed by atoms with E-state index in [0.29, 0.717) is 12.3 Å². The van der Waals surface area contributed by atoms with Gasteiger partial charge in [-0.2, -0.15) is 0 Å². The lowest BCUT2D eigenvalue weighted by molar-refractivity contribution is -0.385. The second-order valence-corrected chi connectivity index (χ2v) is 5.30. The number of nitrogens with zero attached hydrogens (tertiary/aromatic N) is 3. The maximum atomic E-state index is 11.3. The van der Waals surface area contributed by atoms with Crippen molar-refractivity contribution >= 4 is 17.5 Å². The number of esters is 1. The fourth-order valence-corrected chi connectivity index (χ4v) is 2.65. The van der Waals surface area contributed by atoms with E-state index in [4.69, 9.17) is 4.74 Å². The Hall–Kier alpha value is -2.18. The fourth-order valence-electron chi connectivity index (χ4n) is 2.65. The van der Waals surface area contributed by atoms with Gasteiger partial charge >= 0.3 is 5.97 Å². The molecule has 114 valence electrons. The van der Waals surface area contributed by atoms with E-state index in [0.717, 1.165) is 37.3 Å². The number of pyridine rings is 1. The third-order valence-corrected chi connectivity index (χ3v) is 3.84. The number of piperidine rings is 1. The topological polar surface area (TPSA) is 85.6 Å². The molecule has 0 spiro atoms. The van der Waals surface area contributed by atoms with Gasteiger partial charge in [0.15, 0.2) is 0 Å². The fraction of sp³-hybridized carbons (Fsp3) is 0.571. The highest BCUT2D eigenvalue weighted by Crippen LogP contribution is 2.27. The van der Waals surface area contributed by atoms with E-state index in [9.17, 15) is 14.9 Å². The summed E-state index contributed by atoms with van der Waals surface area (Å²) in [5.74, 6) is 0.960. The van der Waals surface area contributed by atoms with Gasteiger partial charge in [-0.3, -0.25) is 14.9 Å². The van der Waals surface area contributed by atoms with Gasteiger partial charge in [0.1, 0.15) is 12.0 Å². The smallest absolute Gasteiger partial charge is 0.305 e. The highest BCUT2D eigenvalue weighted by Gasteiger charge is 2.24. The molecule has 21 heavy (non-hydrogen) atoms. The molecule has 1 aliphatic heterocycles. The number of carbonyl (C=O) groups is 1. The Balaban J connectivity index is 1.99. The van der Waals surface area contributed by atoms with Gasteiger partial charge < -0.3 is 9.64 Å². The van der Waals surface area contributed by atoms with Crippen molar-refractivity contribution in [1.82, 2.24) is 4.98 Å². The molecule has 1 aromatic heterocycles. The van der Waals surface area contributed by atoms with E-state index in [2.05, 4.69) is 9.88 Å². The lowest BCUT2D eigenvalue weighted by Crippen LogP contribution is -2.35. The maximum Gasteiger partial charge on any atom is 0.305 e. The summed E-state index contributed by atoms with van der Waals surface area (Å²) in [5, 5.41) is 10.7. The van der Waals surface area contributed by atoms with Crippen molar-refractivity contribution in [3.63, 3.8) is 0 Å². The first-order chi connectivity index (χ1) is 10.0. The largest absolute Gasteiger partial charge is 0.469 e. The molecule has 1 aromatic rings. The van der Waals surface area contributed by atoms with Crippen LogP contribution >= 0.6 is 0 Å². The number of aromatic nitrogens is 1. The molecule has 2 heterocycles. The van der Waals surface area contributed by atoms with Crippen molar-refractivity contribution in [2.45, 2.75) is 26.2 Å². The molecule has 0 N–H and O–H groups in total. The van der Waals surface area contributed by atoms with Gasteiger partial charge in [0.05, 0.1) is 12.0 Å². The third-order valence-electron chi connectivity index (χ3n) is 3.84. The summed E-state index contributed by atoms with van der Waals surface area (Å²) in [4.78, 5) is 27.9. The Morgan fingerprint density at radius 2 is 2.19 bits per heavy atom. The Morgan fingerprint density at radius 1 is 1.52 bits per heavy atom. The van der Waals surface area contributed by atoms with Crippen molar-refractivity contribution in [1.29, 1.82) is 0 Å². The molecule has 1 aliphatic rings. The molecule has 0 aliphatic carbocycles. The van der Waals surface area contributed by atoms with Crippen molar-refractivity contribution in [2.24, 2.45) is 5.92 Å². The van der Waals surface area contributed by atoms with E-state index in [1.54, 1.807) is 6.07 Å². The normalized spacial score (nSPS) is 15.8. The number of aryl methyl sites for hydroxylation is 1. The van der Waals surface area contributed by atoms with Crippen molar-refractivity contribution in [3.8, 4) is 0 Å². The third kappa shape index (κ3) is 3.68. The first-order valence-corrected chi connectivity index (χ1v) is 6.94. The summed E-state index contributed by atoms with van der Waals surface area (Å²) in [6.07, 6.45) is 3.54. The van der Waals surface area contributed by atoms with Gasteiger partial charge in [0.25, 0.3) is 5.69 Å². The number of ether oxygens (including phenoxy) is 1. The molecule has 0 unspecified atom stereocenters. The molecule has 2 rings (SSSR count). The van der Waals surface area contributed by atoms with E-state index in [-0.39, 0.29) is 11.7 Å². The Bertz CT molecular complexity index is 539. The maximum absolute atomic E-state index is 11.3. The van der Waals surface area contributed by atoms with Crippen LogP contribution < -0.4 is 4.90 Å². The summed E-state index contributed by atoms with van der Waals surface area (Å²) in [6, 6.07) is 1.54. The van der Waals surface area contributed by atoms with Crippen LogP contribution in [0.2, 0.25) is 0 Å². The van der Waals surface area contributed by atoms with Gasteiger partial charge in [-0.15, -0.1) is 0 Å². The minimum atomic E-state index is -0.438. The first kappa shape index (κ1) is 15.2. The zero-order valence-corrected chi connectivity index (χ0v) is 12.2. The van der Waals surface area contributed by atoms with Crippen LogP contribution in [0.25, 0.3) is 0 Å². The van der Waals surface area contributed by atoms with E-state index >= 15 is 0 Å². The second-order valence-electron chi connectivity index (χ2n) is 5.30. The van der Waals surface area contributed by atoms with E-state index in [1.807, 2.05) is 6.92 Å². The van der Waals surface area contributed by atoms with Crippen LogP contribution in [-0.2, 0) is 9.53 Å². The van der Waals surface area contributed by atoms with E-state index < -0.39 is 4.92 Å². The predicted octanol–water partition coefficient (Wildman–Crippen LogP) is 2.08. The van der Waals surface area contributed by atoms with Gasteiger partial charge in [-0.05, 0) is 31.2 Å². The molecule has 7 nitrogen and oxygen atoms in total. The van der Waals surface area contributed by atoms with Gasteiger partial charge in [-0.1, -0.05) is 0 Å². The molecule has 0 aromatic carbocycles. The number of hydrogen-bond donors (Lipinski definition) is 0. The SMILES string of the molecule is COC(=O)CC1CCN(c2ncc([N+](=O)[O-])cc2C)CC1. The van der Waals surface area contributed by atoms with Crippen LogP contribution in [-0.4, -0.2) is 36.1 Å². The van der Waals surface area contributed by atoms with Crippen LogP contribution in [0.1, 0.15) is 24.8 Å². The Labute approximate surface area is 123 Å². The van der Waals surface area contributed by atoms with Gasteiger partial charge in [0.2, 0.25) is 0 Å². The minimum Gasteiger partial charge on any atom is -0.469 e. The first-order valence-electron chi connectivity index (χ1n) is 6.94. The highest BCUT2D eigenvalue weighted by molar-refractivity contribution is 5.69. The number of methoxy groups -OCH3 is 1. The lowest BCUT2D eigenvalue weighted by atomic mass is 9.93. The molecule has 0 radical (unpaired) electrons. The minimum absolute atomic E-state index is 0.0110. The Morgan fingerprint density at radius 3 is 2.71 bits per heavy atom. The van der Waals surface area contributed by atoms with Crippen molar-refractivity contribution < 1.29 is 14.5 Å². The molecular formula is C14H19N3O4.